The number of hydrogen-bond acceptors (Lipinski definition) is 5. The molecule has 9 heteroatoms. The number of furan rings is 1. The minimum absolute atomic E-state index is 0.0142. The molecule has 7 nitrogen and oxygen atoms in total. The van der Waals surface area contributed by atoms with Crippen molar-refractivity contribution in [2.75, 3.05) is 20.1 Å². The molecule has 0 saturated carbocycles. The summed E-state index contributed by atoms with van der Waals surface area (Å²) in [5, 5.41) is 3.61. The van der Waals surface area contributed by atoms with E-state index in [0.717, 1.165) is 0 Å². The molecule has 2 N–H and O–H groups in total. The van der Waals surface area contributed by atoms with Gasteiger partial charge in [-0.3, -0.25) is 14.5 Å². The topological polar surface area (TPSA) is 91.2 Å². The number of aromatic amines is 1. The lowest BCUT2D eigenvalue weighted by atomic mass is 9.90. The highest BCUT2D eigenvalue weighted by atomic mass is 19.1. The molecule has 1 aliphatic rings. The third-order valence-corrected chi connectivity index (χ3v) is 6.38. The van der Waals surface area contributed by atoms with E-state index >= 15 is 4.39 Å². The first kappa shape index (κ1) is 21.3. The molecule has 1 amide bonds. The van der Waals surface area contributed by atoms with Crippen LogP contribution in [0.3, 0.4) is 0 Å². The second kappa shape index (κ2) is 8.40. The van der Waals surface area contributed by atoms with E-state index in [1.807, 2.05) is 0 Å². The van der Waals surface area contributed by atoms with Crippen molar-refractivity contribution in [3.63, 3.8) is 0 Å². The molecule has 1 saturated heterocycles. The van der Waals surface area contributed by atoms with Crippen molar-refractivity contribution in [2.45, 2.75) is 25.3 Å². The number of hydrogen-bond donors (Lipinski definition) is 2. The smallest absolute Gasteiger partial charge is 0.292 e. The van der Waals surface area contributed by atoms with Gasteiger partial charge < -0.3 is 14.7 Å². The standard InChI is InChI=1S/C24H22F2N4O3/c1-27-23(31)18-5-4-15(22(26)28-18)13-6-9-30(10-7-13)12-14-2-3-16-17-8-11-33-21(17)24(32)29-20(16)19(14)25/h2-5,8,11,13H,6-7,9-10,12H2,1H3,(H,27,31)(H,29,32). The van der Waals surface area contributed by atoms with E-state index in [1.54, 1.807) is 24.3 Å². The Hall–Kier alpha value is -3.59. The van der Waals surface area contributed by atoms with Crippen molar-refractivity contribution >= 4 is 27.8 Å². The molecule has 0 aliphatic carbocycles. The van der Waals surface area contributed by atoms with Crippen LogP contribution in [0.15, 0.2) is 45.8 Å². The van der Waals surface area contributed by atoms with Crippen molar-refractivity contribution < 1.29 is 18.0 Å². The summed E-state index contributed by atoms with van der Waals surface area (Å²) in [5.41, 5.74) is 0.932. The number of benzene rings is 1. The molecule has 3 aromatic heterocycles. The minimum atomic E-state index is -0.621. The fraction of sp³-hybridized carbons (Fsp3) is 0.292. The lowest BCUT2D eigenvalue weighted by Crippen LogP contribution is -2.33. The van der Waals surface area contributed by atoms with Crippen molar-refractivity contribution in [2.24, 2.45) is 0 Å². The molecule has 33 heavy (non-hydrogen) atoms. The Balaban J connectivity index is 1.31. The number of pyridine rings is 2. The highest BCUT2D eigenvalue weighted by molar-refractivity contribution is 6.03. The summed E-state index contributed by atoms with van der Waals surface area (Å²) in [6, 6.07) is 8.35. The highest BCUT2D eigenvalue weighted by Gasteiger charge is 2.25. The Morgan fingerprint density at radius 3 is 2.70 bits per heavy atom. The fourth-order valence-electron chi connectivity index (χ4n) is 4.60. The number of carbonyl (C=O) groups excluding carboxylic acids is 1. The zero-order valence-corrected chi connectivity index (χ0v) is 18.0. The van der Waals surface area contributed by atoms with Gasteiger partial charge in [0.25, 0.3) is 11.5 Å². The number of H-pyrrole nitrogens is 1. The van der Waals surface area contributed by atoms with Crippen LogP contribution < -0.4 is 10.9 Å². The maximum Gasteiger partial charge on any atom is 0.292 e. The molecule has 5 rings (SSSR count). The molecular weight excluding hydrogens is 430 g/mol. The van der Waals surface area contributed by atoms with Gasteiger partial charge in [0.1, 0.15) is 5.69 Å². The van der Waals surface area contributed by atoms with Gasteiger partial charge in [0.2, 0.25) is 5.95 Å². The molecule has 0 spiro atoms. The molecule has 170 valence electrons. The second-order valence-corrected chi connectivity index (χ2v) is 8.28. The summed E-state index contributed by atoms with van der Waals surface area (Å²) in [5.74, 6) is -1.51. The quantitative estimate of drug-likeness (QED) is 0.461. The van der Waals surface area contributed by atoms with Gasteiger partial charge in [0.05, 0.1) is 11.8 Å². The summed E-state index contributed by atoms with van der Waals surface area (Å²) in [6.07, 6.45) is 2.80. The van der Waals surface area contributed by atoms with Crippen molar-refractivity contribution in [3.05, 3.63) is 75.5 Å². The first-order chi connectivity index (χ1) is 16.0. The molecule has 4 aromatic rings. The van der Waals surface area contributed by atoms with Gasteiger partial charge in [-0.05, 0) is 44.0 Å². The van der Waals surface area contributed by atoms with E-state index in [0.29, 0.717) is 54.4 Å². The number of nitrogens with one attached hydrogen (secondary N) is 2. The number of rotatable bonds is 4. The van der Waals surface area contributed by atoms with E-state index in [4.69, 9.17) is 4.42 Å². The van der Waals surface area contributed by atoms with Crippen LogP contribution >= 0.6 is 0 Å². The van der Waals surface area contributed by atoms with Gasteiger partial charge in [0.15, 0.2) is 11.4 Å². The molecule has 4 heterocycles. The Labute approximate surface area is 187 Å². The van der Waals surface area contributed by atoms with Crippen LogP contribution in [0, 0.1) is 11.8 Å². The van der Waals surface area contributed by atoms with E-state index in [-0.39, 0.29) is 22.7 Å². The zero-order chi connectivity index (χ0) is 23.1. The number of amides is 1. The van der Waals surface area contributed by atoms with Gasteiger partial charge in [0, 0.05) is 35.5 Å². The summed E-state index contributed by atoms with van der Waals surface area (Å²) < 4.78 is 35.0. The first-order valence-electron chi connectivity index (χ1n) is 10.8. The van der Waals surface area contributed by atoms with Crippen LogP contribution in [0.5, 0.6) is 0 Å². The number of piperidine rings is 1. The first-order valence-corrected chi connectivity index (χ1v) is 10.8. The predicted molar refractivity (Wildman–Crippen MR) is 119 cm³/mol. The maximum absolute atomic E-state index is 15.2. The molecule has 0 atom stereocenters. The summed E-state index contributed by atoms with van der Waals surface area (Å²) >= 11 is 0. The Kier molecular flexibility index (Phi) is 5.41. The average molecular weight is 452 g/mol. The normalized spacial score (nSPS) is 15.4. The molecule has 0 unspecified atom stereocenters. The van der Waals surface area contributed by atoms with E-state index in [2.05, 4.69) is 20.2 Å². The third-order valence-electron chi connectivity index (χ3n) is 6.38. The van der Waals surface area contributed by atoms with Crippen LogP contribution in [0.1, 0.15) is 40.4 Å². The van der Waals surface area contributed by atoms with Gasteiger partial charge in [-0.1, -0.05) is 18.2 Å². The lowest BCUT2D eigenvalue weighted by molar-refractivity contribution is 0.0957. The van der Waals surface area contributed by atoms with E-state index in [1.165, 1.54) is 19.4 Å². The van der Waals surface area contributed by atoms with E-state index in [9.17, 15) is 14.0 Å². The molecular formula is C24H22F2N4O3. The van der Waals surface area contributed by atoms with Crippen molar-refractivity contribution in [3.8, 4) is 0 Å². The predicted octanol–water partition coefficient (Wildman–Crippen LogP) is 3.69. The van der Waals surface area contributed by atoms with Crippen molar-refractivity contribution in [1.29, 1.82) is 0 Å². The van der Waals surface area contributed by atoms with Crippen LogP contribution in [0.25, 0.3) is 21.9 Å². The number of nitrogens with zero attached hydrogens (tertiary/aromatic N) is 2. The maximum atomic E-state index is 15.2. The fourth-order valence-corrected chi connectivity index (χ4v) is 4.60. The SMILES string of the molecule is CNC(=O)c1ccc(C2CCN(Cc3ccc4c([nH]c(=O)c5occc54)c3F)CC2)c(F)n1. The highest BCUT2D eigenvalue weighted by Crippen LogP contribution is 2.31. The number of halogens is 2. The summed E-state index contributed by atoms with van der Waals surface area (Å²) in [6.45, 7) is 1.71. The second-order valence-electron chi connectivity index (χ2n) is 8.28. The van der Waals surface area contributed by atoms with Crippen LogP contribution in [0.4, 0.5) is 8.78 Å². The molecule has 1 fully saturated rings. The van der Waals surface area contributed by atoms with Gasteiger partial charge in [-0.2, -0.15) is 4.39 Å². The van der Waals surface area contributed by atoms with Gasteiger partial charge in [-0.15, -0.1) is 0 Å². The summed E-state index contributed by atoms with van der Waals surface area (Å²) in [4.78, 5) is 32.3. The minimum Gasteiger partial charge on any atom is -0.459 e. The summed E-state index contributed by atoms with van der Waals surface area (Å²) in [7, 11) is 1.47. The molecule has 1 aromatic carbocycles. The Bertz CT molecular complexity index is 1420. The molecule has 0 radical (unpaired) electrons. The largest absolute Gasteiger partial charge is 0.459 e. The third kappa shape index (κ3) is 3.78. The van der Waals surface area contributed by atoms with E-state index < -0.39 is 23.2 Å². The van der Waals surface area contributed by atoms with Crippen LogP contribution in [-0.2, 0) is 6.54 Å². The number of likely N-dealkylation sites (tertiary alicyclic amines) is 1. The van der Waals surface area contributed by atoms with Gasteiger partial charge >= 0.3 is 0 Å². The van der Waals surface area contributed by atoms with Crippen LogP contribution in [-0.4, -0.2) is 40.9 Å². The average Bonchev–Trinajstić information content (AvgIpc) is 3.32. The van der Waals surface area contributed by atoms with Crippen LogP contribution in [0.2, 0.25) is 0 Å². The number of carbonyl (C=O) groups is 1. The van der Waals surface area contributed by atoms with Crippen molar-refractivity contribution in [1.82, 2.24) is 20.2 Å². The Morgan fingerprint density at radius 1 is 1.18 bits per heavy atom. The monoisotopic (exact) mass is 452 g/mol. The lowest BCUT2D eigenvalue weighted by Gasteiger charge is -2.32. The number of aromatic nitrogens is 2. The zero-order valence-electron chi connectivity index (χ0n) is 18.0. The van der Waals surface area contributed by atoms with Gasteiger partial charge in [-0.25, -0.2) is 9.37 Å². The molecule has 1 aliphatic heterocycles. The molecule has 0 bridgehead atoms. The number of fused-ring (bicyclic) bond motifs is 3. The Morgan fingerprint density at radius 2 is 1.97 bits per heavy atom.